The van der Waals surface area contributed by atoms with Gasteiger partial charge in [0.1, 0.15) is 4.83 Å². The van der Waals surface area contributed by atoms with Crippen molar-refractivity contribution in [3.63, 3.8) is 0 Å². The lowest BCUT2D eigenvalue weighted by molar-refractivity contribution is -0.254. The maximum Gasteiger partial charge on any atom is 0.417 e. The van der Waals surface area contributed by atoms with E-state index in [1.807, 2.05) is 0 Å². The number of thiophene rings is 1. The molecule has 2 aromatic rings. The first-order valence-electron chi connectivity index (χ1n) is 9.18. The van der Waals surface area contributed by atoms with Crippen LogP contribution in [-0.2, 0) is 11.6 Å². The van der Waals surface area contributed by atoms with Gasteiger partial charge in [-0.15, -0.1) is 11.3 Å². The van der Waals surface area contributed by atoms with Crippen molar-refractivity contribution in [3.05, 3.63) is 22.2 Å². The van der Waals surface area contributed by atoms with E-state index in [4.69, 9.17) is 5.73 Å². The predicted molar refractivity (Wildman–Crippen MR) is 93.2 cm³/mol. The number of fused-ring (bicyclic) bond motifs is 1. The summed E-state index contributed by atoms with van der Waals surface area (Å²) in [4.78, 5) is 15.5. The molecule has 0 saturated heterocycles. The van der Waals surface area contributed by atoms with Crippen LogP contribution in [0.1, 0.15) is 59.5 Å². The zero-order valence-corrected chi connectivity index (χ0v) is 15.3. The van der Waals surface area contributed by atoms with E-state index in [-0.39, 0.29) is 20.5 Å². The number of carbonyl (C=O) groups is 1. The fourth-order valence-corrected chi connectivity index (χ4v) is 7.15. The second-order valence-corrected chi connectivity index (χ2v) is 9.56. The smallest absolute Gasteiger partial charge is 0.417 e. The molecule has 2 aromatic heterocycles. The lowest BCUT2D eigenvalue weighted by Gasteiger charge is -2.56. The highest BCUT2D eigenvalue weighted by atomic mass is 32.1. The van der Waals surface area contributed by atoms with Gasteiger partial charge in [-0.05, 0) is 62.3 Å². The minimum atomic E-state index is -4.63. The molecular formula is C19H18F3N2O2S-. The lowest BCUT2D eigenvalue weighted by atomic mass is 9.48. The number of pyridine rings is 1. The Bertz CT molecular complexity index is 931. The van der Waals surface area contributed by atoms with Crippen LogP contribution in [0, 0.1) is 17.8 Å². The summed E-state index contributed by atoms with van der Waals surface area (Å²) < 4.78 is 41.5. The lowest BCUT2D eigenvalue weighted by Crippen LogP contribution is -2.49. The molecule has 0 atom stereocenters. The third-order valence-electron chi connectivity index (χ3n) is 6.77. The molecule has 6 rings (SSSR count). The highest BCUT2D eigenvalue weighted by Crippen LogP contribution is 2.61. The minimum Gasteiger partial charge on any atom is -0.544 e. The van der Waals surface area contributed by atoms with Gasteiger partial charge in [-0.3, -0.25) is 0 Å². The van der Waals surface area contributed by atoms with Gasteiger partial charge in [0.25, 0.3) is 0 Å². The summed E-state index contributed by atoms with van der Waals surface area (Å²) in [5, 5.41) is 11.0. The average Bonchev–Trinajstić information content (AvgIpc) is 2.89. The summed E-state index contributed by atoms with van der Waals surface area (Å²) in [6, 6.07) is 1.14. The van der Waals surface area contributed by atoms with Gasteiger partial charge >= 0.3 is 6.18 Å². The molecule has 2 N–H and O–H groups in total. The number of nitrogen functional groups attached to an aromatic ring is 1. The van der Waals surface area contributed by atoms with Crippen LogP contribution >= 0.6 is 11.3 Å². The zero-order valence-electron chi connectivity index (χ0n) is 14.4. The summed E-state index contributed by atoms with van der Waals surface area (Å²) in [6.07, 6.45) is 1.53. The maximum atomic E-state index is 13.8. The van der Waals surface area contributed by atoms with E-state index in [9.17, 15) is 23.1 Å². The highest BCUT2D eigenvalue weighted by Gasteiger charge is 2.53. The Kier molecular flexibility index (Phi) is 3.44. The number of hydrogen-bond acceptors (Lipinski definition) is 5. The molecule has 27 heavy (non-hydrogen) atoms. The van der Waals surface area contributed by atoms with E-state index in [0.717, 1.165) is 25.3 Å². The first-order chi connectivity index (χ1) is 12.7. The number of aromatic nitrogens is 1. The number of halogens is 3. The van der Waals surface area contributed by atoms with E-state index in [0.29, 0.717) is 34.8 Å². The number of aromatic carboxylic acids is 1. The van der Waals surface area contributed by atoms with Crippen molar-refractivity contribution in [2.45, 2.75) is 50.1 Å². The first-order valence-corrected chi connectivity index (χ1v) is 10.00. The third kappa shape index (κ3) is 2.48. The van der Waals surface area contributed by atoms with Gasteiger partial charge in [0, 0.05) is 16.5 Å². The fourth-order valence-electron chi connectivity index (χ4n) is 6.19. The quantitative estimate of drug-likeness (QED) is 0.840. The average molecular weight is 395 g/mol. The summed E-state index contributed by atoms with van der Waals surface area (Å²) >= 11 is 0.682. The molecule has 2 heterocycles. The molecule has 4 fully saturated rings. The van der Waals surface area contributed by atoms with Gasteiger partial charge in [-0.2, -0.15) is 13.2 Å². The highest BCUT2D eigenvalue weighted by molar-refractivity contribution is 7.21. The molecule has 0 radical (unpaired) electrons. The standard InChI is InChI=1S/C19H19F3N2O2S/c20-19(21,22)11-4-12(24-16-13(11)14(23)15(27-16)17(25)26)18-5-8-1-9(6-18)3-10(2-8)7-18/h4,8-10H,1-3,5-7,23H2,(H,25,26)/p-1. The molecule has 4 nitrogen and oxygen atoms in total. The molecule has 4 aliphatic carbocycles. The van der Waals surface area contributed by atoms with Crippen LogP contribution in [0.3, 0.4) is 0 Å². The summed E-state index contributed by atoms with van der Waals surface area (Å²) in [5.41, 5.74) is 4.62. The van der Waals surface area contributed by atoms with Crippen molar-refractivity contribution < 1.29 is 23.1 Å². The van der Waals surface area contributed by atoms with E-state index < -0.39 is 23.4 Å². The molecule has 0 aliphatic heterocycles. The largest absolute Gasteiger partial charge is 0.544 e. The van der Waals surface area contributed by atoms with E-state index in [1.54, 1.807) is 0 Å². The number of alkyl halides is 3. The van der Waals surface area contributed by atoms with Crippen molar-refractivity contribution in [2.24, 2.45) is 17.8 Å². The van der Waals surface area contributed by atoms with Crippen molar-refractivity contribution in [1.82, 2.24) is 4.98 Å². The van der Waals surface area contributed by atoms with Crippen molar-refractivity contribution >= 4 is 33.2 Å². The number of carboxylic acid groups (broad SMARTS) is 1. The second-order valence-electron chi connectivity index (χ2n) is 8.56. The molecule has 4 bridgehead atoms. The van der Waals surface area contributed by atoms with Crippen LogP contribution in [0.15, 0.2) is 6.07 Å². The number of carbonyl (C=O) groups excluding carboxylic acids is 1. The van der Waals surface area contributed by atoms with Crippen LogP contribution in [0.2, 0.25) is 0 Å². The van der Waals surface area contributed by atoms with Crippen LogP contribution in [0.4, 0.5) is 18.9 Å². The van der Waals surface area contributed by atoms with Gasteiger partial charge in [-0.1, -0.05) is 0 Å². The van der Waals surface area contributed by atoms with E-state index >= 15 is 0 Å². The summed E-state index contributed by atoms with van der Waals surface area (Å²) in [6.45, 7) is 0. The molecule has 8 heteroatoms. The monoisotopic (exact) mass is 395 g/mol. The Hall–Kier alpha value is -1.83. The third-order valence-corrected chi connectivity index (χ3v) is 7.85. The Morgan fingerprint density at radius 3 is 2.22 bits per heavy atom. The number of anilines is 1. The van der Waals surface area contributed by atoms with Crippen molar-refractivity contribution in [2.75, 3.05) is 5.73 Å². The van der Waals surface area contributed by atoms with Crippen LogP contribution < -0.4 is 10.8 Å². The summed E-state index contributed by atoms with van der Waals surface area (Å²) in [5.74, 6) is 0.126. The van der Waals surface area contributed by atoms with Gasteiger partial charge in [0.05, 0.1) is 22.1 Å². The Balaban J connectivity index is 1.73. The predicted octanol–water partition coefficient (Wildman–Crippen LogP) is 3.73. The number of nitrogens with zero attached hydrogens (tertiary/aromatic N) is 1. The molecular weight excluding hydrogens is 377 g/mol. The second kappa shape index (κ2) is 5.37. The number of rotatable bonds is 2. The molecule has 0 spiro atoms. The zero-order chi connectivity index (χ0) is 19.1. The van der Waals surface area contributed by atoms with Crippen LogP contribution in [-0.4, -0.2) is 11.0 Å². The Morgan fingerprint density at radius 2 is 1.74 bits per heavy atom. The Morgan fingerprint density at radius 1 is 1.19 bits per heavy atom. The summed E-state index contributed by atoms with van der Waals surface area (Å²) in [7, 11) is 0. The fraction of sp³-hybridized carbons (Fsp3) is 0.579. The van der Waals surface area contributed by atoms with Gasteiger partial charge < -0.3 is 15.6 Å². The Labute approximate surface area is 157 Å². The van der Waals surface area contributed by atoms with E-state index in [2.05, 4.69) is 4.98 Å². The van der Waals surface area contributed by atoms with Crippen LogP contribution in [0.5, 0.6) is 0 Å². The normalized spacial score (nSPS) is 32.3. The first kappa shape index (κ1) is 17.3. The van der Waals surface area contributed by atoms with E-state index in [1.165, 1.54) is 19.3 Å². The van der Waals surface area contributed by atoms with Gasteiger partial charge in [0.15, 0.2) is 0 Å². The molecule has 0 amide bonds. The number of hydrogen-bond donors (Lipinski definition) is 1. The number of carboxylic acids is 1. The molecule has 4 saturated carbocycles. The molecule has 0 aromatic carbocycles. The minimum absolute atomic E-state index is 0.0484. The van der Waals surface area contributed by atoms with Crippen molar-refractivity contribution in [3.8, 4) is 0 Å². The SMILES string of the molecule is Nc1c(C(=O)[O-])sc2nc(C34CC5CC(CC(C5)C3)C4)cc(C(F)(F)F)c12. The van der Waals surface area contributed by atoms with Gasteiger partial charge in [0.2, 0.25) is 0 Å². The molecule has 0 unspecified atom stereocenters. The molecule has 144 valence electrons. The maximum absolute atomic E-state index is 13.8. The van der Waals surface area contributed by atoms with Gasteiger partial charge in [-0.25, -0.2) is 4.98 Å². The van der Waals surface area contributed by atoms with Crippen molar-refractivity contribution in [1.29, 1.82) is 0 Å². The van der Waals surface area contributed by atoms with Crippen LogP contribution in [0.25, 0.3) is 10.2 Å². The number of nitrogens with two attached hydrogens (primary N) is 1. The molecule has 4 aliphatic rings. The topological polar surface area (TPSA) is 79.0 Å².